The second-order valence-corrected chi connectivity index (χ2v) is 9.76. The molecule has 1 saturated heterocycles. The summed E-state index contributed by atoms with van der Waals surface area (Å²) in [5.41, 5.74) is 1.26. The van der Waals surface area contributed by atoms with Gasteiger partial charge in [-0.1, -0.05) is 6.08 Å². The molecule has 8 atom stereocenters. The summed E-state index contributed by atoms with van der Waals surface area (Å²) in [4.78, 5) is 24.6. The molecule has 1 aromatic carbocycles. The van der Waals surface area contributed by atoms with E-state index in [-0.39, 0.29) is 29.4 Å². The molecule has 4 rings (SSSR count). The van der Waals surface area contributed by atoms with Crippen LogP contribution < -0.4 is 9.47 Å². The number of aromatic hydroxyl groups is 1. The van der Waals surface area contributed by atoms with Gasteiger partial charge in [0.15, 0.2) is 17.8 Å². The monoisotopic (exact) mass is 594 g/mol. The average molecular weight is 595 g/mol. The molecule has 0 aromatic heterocycles. The molecule has 14 nitrogen and oxygen atoms in total. The lowest BCUT2D eigenvalue weighted by atomic mass is 9.83. The zero-order valence-corrected chi connectivity index (χ0v) is 23.1. The van der Waals surface area contributed by atoms with Crippen molar-refractivity contribution in [3.05, 3.63) is 47.3 Å². The third-order valence-corrected chi connectivity index (χ3v) is 7.36. The number of phenols is 1. The highest BCUT2D eigenvalue weighted by Crippen LogP contribution is 2.44. The van der Waals surface area contributed by atoms with Gasteiger partial charge in [-0.15, -0.1) is 0 Å². The van der Waals surface area contributed by atoms with Crippen molar-refractivity contribution in [3.63, 3.8) is 0 Å². The Labute approximate surface area is 240 Å². The number of fused-ring (bicyclic) bond motifs is 1. The van der Waals surface area contributed by atoms with Crippen molar-refractivity contribution < 1.29 is 68.3 Å². The van der Waals surface area contributed by atoms with Gasteiger partial charge in [0, 0.05) is 12.0 Å². The maximum atomic E-state index is 12.4. The Morgan fingerprint density at radius 2 is 1.71 bits per heavy atom. The van der Waals surface area contributed by atoms with E-state index in [4.69, 9.17) is 33.2 Å². The first-order valence-corrected chi connectivity index (χ1v) is 13.0. The smallest absolute Gasteiger partial charge is 0.337 e. The highest BCUT2D eigenvalue weighted by Gasteiger charge is 2.50. The van der Waals surface area contributed by atoms with Crippen molar-refractivity contribution in [2.75, 3.05) is 34.5 Å². The largest absolute Gasteiger partial charge is 0.502 e. The number of allylic oxidation sites excluding steroid dienone is 1. The number of phenolic OH excluding ortho intramolecular Hbond substituents is 1. The van der Waals surface area contributed by atoms with Crippen LogP contribution in [0.3, 0.4) is 0 Å². The van der Waals surface area contributed by atoms with Gasteiger partial charge in [-0.25, -0.2) is 9.59 Å². The first-order valence-electron chi connectivity index (χ1n) is 13.0. The lowest BCUT2D eigenvalue weighted by molar-refractivity contribution is -0.339. The molecule has 5 N–H and O–H groups in total. The van der Waals surface area contributed by atoms with E-state index in [0.717, 1.165) is 6.08 Å². The van der Waals surface area contributed by atoms with Crippen LogP contribution in [0.25, 0.3) is 6.08 Å². The van der Waals surface area contributed by atoms with Crippen LogP contribution in [0.1, 0.15) is 12.0 Å². The predicted octanol–water partition coefficient (Wildman–Crippen LogP) is -0.242. The highest BCUT2D eigenvalue weighted by atomic mass is 16.8. The summed E-state index contributed by atoms with van der Waals surface area (Å²) in [7, 11) is 3.96. The summed E-state index contributed by atoms with van der Waals surface area (Å²) in [6.45, 7) is -0.841. The first kappa shape index (κ1) is 31.3. The molecule has 42 heavy (non-hydrogen) atoms. The first-order chi connectivity index (χ1) is 20.1. The number of carbonyl (C=O) groups is 2. The van der Waals surface area contributed by atoms with Gasteiger partial charge in [-0.2, -0.15) is 0 Å². The van der Waals surface area contributed by atoms with Gasteiger partial charge in [-0.3, -0.25) is 0 Å². The maximum absolute atomic E-state index is 12.4. The molecule has 0 spiro atoms. The highest BCUT2D eigenvalue weighted by molar-refractivity contribution is 5.89. The Kier molecular flexibility index (Phi) is 10.1. The molecule has 1 fully saturated rings. The van der Waals surface area contributed by atoms with E-state index < -0.39 is 67.4 Å². The Morgan fingerprint density at radius 3 is 2.33 bits per heavy atom. The minimum atomic E-state index is -1.73. The number of hydrogen-bond acceptors (Lipinski definition) is 14. The third-order valence-electron chi connectivity index (χ3n) is 7.36. The number of hydrogen-bond donors (Lipinski definition) is 5. The van der Waals surface area contributed by atoms with Crippen molar-refractivity contribution >= 4 is 18.0 Å². The molecule has 14 heteroatoms. The molecule has 3 aliphatic rings. The quantitative estimate of drug-likeness (QED) is 0.135. The predicted molar refractivity (Wildman–Crippen MR) is 141 cm³/mol. The summed E-state index contributed by atoms with van der Waals surface area (Å²) in [5.74, 6) is -2.40. The molecule has 2 heterocycles. The van der Waals surface area contributed by atoms with E-state index in [1.165, 1.54) is 45.8 Å². The van der Waals surface area contributed by atoms with Gasteiger partial charge in [0.2, 0.25) is 12.0 Å². The molecule has 1 aliphatic carbocycles. The topological polar surface area (TPSA) is 200 Å². The molecule has 2 aliphatic heterocycles. The fourth-order valence-corrected chi connectivity index (χ4v) is 5.11. The summed E-state index contributed by atoms with van der Waals surface area (Å²) in [6, 6.07) is 2.94. The third kappa shape index (κ3) is 6.38. The van der Waals surface area contributed by atoms with Gasteiger partial charge >= 0.3 is 11.9 Å². The van der Waals surface area contributed by atoms with Crippen LogP contribution in [0, 0.1) is 11.8 Å². The Hall–Kier alpha value is -3.66. The zero-order valence-electron chi connectivity index (χ0n) is 23.1. The molecule has 1 aromatic rings. The van der Waals surface area contributed by atoms with E-state index in [1.807, 2.05) is 0 Å². The number of carbonyl (C=O) groups excluding carboxylic acids is 2. The standard InChI is InChI=1S/C28H34O14/c1-36-17-8-13(9-18(37-2)22(17)31)4-7-20(30)39-12-19-23(32)24(33)25(34)28(41-19)42-27-21-14(10-29)5-6-15(21)16(11-40-27)26(35)38-3/h4-5,7-9,11,15,19,21,23-25,27-29,31-34H,6,10,12H2,1-3H3/t15-,19-,21+,23+,24-,25+,27+,28-/m0/s1. The van der Waals surface area contributed by atoms with Crippen molar-refractivity contribution in [3.8, 4) is 17.2 Å². The fourth-order valence-electron chi connectivity index (χ4n) is 5.11. The van der Waals surface area contributed by atoms with Crippen LogP contribution in [0.2, 0.25) is 0 Å². The van der Waals surface area contributed by atoms with Gasteiger partial charge in [0.05, 0.1) is 45.7 Å². The minimum absolute atomic E-state index is 0.129. The summed E-state index contributed by atoms with van der Waals surface area (Å²) < 4.78 is 37.3. The molecular weight excluding hydrogens is 560 g/mol. The van der Waals surface area contributed by atoms with Crippen LogP contribution in [0.15, 0.2) is 41.7 Å². The van der Waals surface area contributed by atoms with Gasteiger partial charge < -0.3 is 58.7 Å². The number of benzene rings is 1. The average Bonchev–Trinajstić information content (AvgIpc) is 3.44. The van der Waals surface area contributed by atoms with Crippen LogP contribution >= 0.6 is 0 Å². The SMILES string of the molecule is COC(=O)C1=CO[C@H](O[C@@H]2O[C@@H](COC(=O)C=Cc3cc(OC)c(O)c(OC)c3)[C@@H](O)[C@H](O)[C@H]2O)[C@@H]2C(CO)=CC[C@@H]12. The molecule has 0 saturated carbocycles. The van der Waals surface area contributed by atoms with E-state index >= 15 is 0 Å². The summed E-state index contributed by atoms with van der Waals surface area (Å²) >= 11 is 0. The molecule has 0 bridgehead atoms. The van der Waals surface area contributed by atoms with Crippen LogP contribution in [0.4, 0.5) is 0 Å². The number of aliphatic hydroxyl groups is 4. The Bertz CT molecular complexity index is 1210. The number of ether oxygens (including phenoxy) is 7. The summed E-state index contributed by atoms with van der Waals surface area (Å²) in [6.07, 6.45) is -3.18. The maximum Gasteiger partial charge on any atom is 0.337 e. The van der Waals surface area contributed by atoms with Gasteiger partial charge in [0.1, 0.15) is 31.0 Å². The minimum Gasteiger partial charge on any atom is -0.502 e. The number of aliphatic hydroxyl groups excluding tert-OH is 4. The second kappa shape index (κ2) is 13.5. The van der Waals surface area contributed by atoms with Crippen LogP contribution in [-0.4, -0.2) is 109 Å². The second-order valence-electron chi connectivity index (χ2n) is 9.76. The van der Waals surface area contributed by atoms with E-state index in [0.29, 0.717) is 17.6 Å². The van der Waals surface area contributed by atoms with Crippen molar-refractivity contribution in [2.24, 2.45) is 11.8 Å². The summed E-state index contributed by atoms with van der Waals surface area (Å²) in [5, 5.41) is 51.4. The van der Waals surface area contributed by atoms with Crippen molar-refractivity contribution in [1.82, 2.24) is 0 Å². The molecule has 0 amide bonds. The van der Waals surface area contributed by atoms with Crippen LogP contribution in [-0.2, 0) is 33.3 Å². The fraction of sp³-hybridized carbons (Fsp3) is 0.500. The lowest BCUT2D eigenvalue weighted by Crippen LogP contribution is -2.60. The van der Waals surface area contributed by atoms with Crippen molar-refractivity contribution in [2.45, 2.75) is 43.4 Å². The van der Waals surface area contributed by atoms with E-state index in [1.54, 1.807) is 6.08 Å². The molecular formula is C28H34O14. The van der Waals surface area contributed by atoms with Gasteiger partial charge in [0.25, 0.3) is 0 Å². The van der Waals surface area contributed by atoms with Gasteiger partial charge in [-0.05, 0) is 35.8 Å². The normalized spacial score (nSPS) is 30.5. The molecule has 0 unspecified atom stereocenters. The zero-order chi connectivity index (χ0) is 30.6. The number of methoxy groups -OCH3 is 3. The van der Waals surface area contributed by atoms with E-state index in [9.17, 15) is 35.1 Å². The Balaban J connectivity index is 1.42. The van der Waals surface area contributed by atoms with Crippen LogP contribution in [0.5, 0.6) is 17.2 Å². The number of esters is 2. The lowest BCUT2D eigenvalue weighted by Gasteiger charge is -2.43. The molecule has 0 radical (unpaired) electrons. The van der Waals surface area contributed by atoms with E-state index in [2.05, 4.69) is 0 Å². The van der Waals surface area contributed by atoms with Crippen molar-refractivity contribution in [1.29, 1.82) is 0 Å². The Morgan fingerprint density at radius 1 is 1.02 bits per heavy atom. The molecule has 230 valence electrons. The number of rotatable bonds is 10.